The Morgan fingerprint density at radius 2 is 2.19 bits per heavy atom. The Labute approximate surface area is 94.4 Å². The second kappa shape index (κ2) is 4.19. The highest BCUT2D eigenvalue weighted by Gasteiger charge is 2.09. The number of aromatic amines is 1. The van der Waals surface area contributed by atoms with E-state index in [4.69, 9.17) is 5.26 Å². The minimum Gasteiger partial charge on any atom is -0.337 e. The maximum Gasteiger partial charge on any atom is 0.149 e. The molecular formula is C13H13N3. The van der Waals surface area contributed by atoms with Crippen LogP contribution in [0.25, 0.3) is 16.6 Å². The van der Waals surface area contributed by atoms with Crippen LogP contribution in [0.3, 0.4) is 0 Å². The fourth-order valence-electron chi connectivity index (χ4n) is 1.60. The van der Waals surface area contributed by atoms with Gasteiger partial charge in [-0.2, -0.15) is 5.26 Å². The van der Waals surface area contributed by atoms with Gasteiger partial charge in [0.15, 0.2) is 0 Å². The number of allylic oxidation sites excluding steroid dienone is 2. The number of H-pyrrole nitrogens is 1. The molecule has 1 heterocycles. The second-order valence-corrected chi connectivity index (χ2v) is 3.72. The summed E-state index contributed by atoms with van der Waals surface area (Å²) in [5.74, 6) is 0.669. The Kier molecular flexibility index (Phi) is 2.74. The summed E-state index contributed by atoms with van der Waals surface area (Å²) in [4.78, 5) is 7.59. The molecule has 1 N–H and O–H groups in total. The Balaban J connectivity index is 2.60. The van der Waals surface area contributed by atoms with Gasteiger partial charge in [0.25, 0.3) is 0 Å². The summed E-state index contributed by atoms with van der Waals surface area (Å²) in [7, 11) is 0. The molecule has 0 unspecified atom stereocenters. The summed E-state index contributed by atoms with van der Waals surface area (Å²) < 4.78 is 0. The molecule has 0 fully saturated rings. The van der Waals surface area contributed by atoms with Crippen molar-refractivity contribution in [2.45, 2.75) is 20.3 Å². The van der Waals surface area contributed by atoms with Crippen LogP contribution in [-0.2, 0) is 0 Å². The maximum absolute atomic E-state index is 9.14. The van der Waals surface area contributed by atoms with Crippen LogP contribution in [-0.4, -0.2) is 9.97 Å². The van der Waals surface area contributed by atoms with Gasteiger partial charge in [-0.1, -0.05) is 24.6 Å². The predicted molar refractivity (Wildman–Crippen MR) is 64.6 cm³/mol. The fraction of sp³-hybridized carbons (Fsp3) is 0.231. The molecule has 0 spiro atoms. The number of fused-ring (bicyclic) bond motifs is 1. The first-order valence-corrected chi connectivity index (χ1v) is 5.31. The zero-order chi connectivity index (χ0) is 11.5. The van der Waals surface area contributed by atoms with Gasteiger partial charge in [0.1, 0.15) is 11.9 Å². The number of hydrogen-bond donors (Lipinski definition) is 1. The van der Waals surface area contributed by atoms with Crippen LogP contribution in [0.1, 0.15) is 26.1 Å². The SMILES string of the molecule is CC/C(C)=C(/C#N)c1nc2ccccc2[nH]1. The van der Waals surface area contributed by atoms with Crippen LogP contribution >= 0.6 is 0 Å². The average Bonchev–Trinajstić information content (AvgIpc) is 2.72. The molecule has 0 saturated carbocycles. The van der Waals surface area contributed by atoms with Crippen molar-refractivity contribution in [3.8, 4) is 6.07 Å². The van der Waals surface area contributed by atoms with Crippen LogP contribution in [0.15, 0.2) is 29.8 Å². The second-order valence-electron chi connectivity index (χ2n) is 3.72. The maximum atomic E-state index is 9.14. The number of nitrogens with zero attached hydrogens (tertiary/aromatic N) is 2. The molecule has 3 nitrogen and oxygen atoms in total. The van der Waals surface area contributed by atoms with Gasteiger partial charge in [-0.15, -0.1) is 0 Å². The van der Waals surface area contributed by atoms with Crippen molar-refractivity contribution in [3.05, 3.63) is 35.7 Å². The lowest BCUT2D eigenvalue weighted by atomic mass is 10.1. The van der Waals surface area contributed by atoms with E-state index < -0.39 is 0 Å². The zero-order valence-electron chi connectivity index (χ0n) is 9.41. The molecule has 2 aromatic rings. The summed E-state index contributed by atoms with van der Waals surface area (Å²) in [6, 6.07) is 10.0. The van der Waals surface area contributed by atoms with Crippen LogP contribution in [0, 0.1) is 11.3 Å². The molecule has 16 heavy (non-hydrogen) atoms. The summed E-state index contributed by atoms with van der Waals surface area (Å²) >= 11 is 0. The number of nitriles is 1. The van der Waals surface area contributed by atoms with Gasteiger partial charge in [0, 0.05) is 0 Å². The van der Waals surface area contributed by atoms with Gasteiger partial charge in [-0.05, 0) is 25.5 Å². The smallest absolute Gasteiger partial charge is 0.149 e. The van der Waals surface area contributed by atoms with Crippen molar-refractivity contribution in [2.24, 2.45) is 0 Å². The molecule has 0 atom stereocenters. The van der Waals surface area contributed by atoms with E-state index >= 15 is 0 Å². The van der Waals surface area contributed by atoms with Crippen molar-refractivity contribution in [2.75, 3.05) is 0 Å². The molecule has 0 amide bonds. The monoisotopic (exact) mass is 211 g/mol. The first-order valence-electron chi connectivity index (χ1n) is 5.31. The number of imidazole rings is 1. The van der Waals surface area contributed by atoms with E-state index in [1.807, 2.05) is 38.1 Å². The van der Waals surface area contributed by atoms with E-state index in [-0.39, 0.29) is 0 Å². The minimum atomic E-state index is 0.652. The largest absolute Gasteiger partial charge is 0.337 e. The Hall–Kier alpha value is -2.08. The predicted octanol–water partition coefficient (Wildman–Crippen LogP) is 3.27. The molecule has 0 saturated heterocycles. The number of aromatic nitrogens is 2. The molecule has 1 aromatic heterocycles. The van der Waals surface area contributed by atoms with Crippen molar-refractivity contribution in [3.63, 3.8) is 0 Å². The lowest BCUT2D eigenvalue weighted by Gasteiger charge is -1.98. The van der Waals surface area contributed by atoms with Crippen molar-refractivity contribution in [1.82, 2.24) is 9.97 Å². The topological polar surface area (TPSA) is 52.5 Å². The summed E-state index contributed by atoms with van der Waals surface area (Å²) in [6.07, 6.45) is 0.861. The van der Waals surface area contributed by atoms with Gasteiger partial charge in [-0.25, -0.2) is 4.98 Å². The molecule has 0 aliphatic heterocycles. The van der Waals surface area contributed by atoms with Crippen molar-refractivity contribution >= 4 is 16.6 Å². The van der Waals surface area contributed by atoms with Gasteiger partial charge in [-0.3, -0.25) is 0 Å². The third-order valence-electron chi connectivity index (χ3n) is 2.70. The van der Waals surface area contributed by atoms with Crippen LogP contribution in [0.5, 0.6) is 0 Å². The Bertz CT molecular complexity index is 551. The number of hydrogen-bond acceptors (Lipinski definition) is 2. The van der Waals surface area contributed by atoms with Gasteiger partial charge in [0.2, 0.25) is 0 Å². The lowest BCUT2D eigenvalue weighted by molar-refractivity contribution is 1.09. The van der Waals surface area contributed by atoms with Crippen LogP contribution in [0.4, 0.5) is 0 Å². The normalized spacial score (nSPS) is 12.3. The highest BCUT2D eigenvalue weighted by Crippen LogP contribution is 2.20. The van der Waals surface area contributed by atoms with E-state index in [1.54, 1.807) is 0 Å². The highest BCUT2D eigenvalue weighted by molar-refractivity contribution is 5.83. The van der Waals surface area contributed by atoms with Crippen LogP contribution < -0.4 is 0 Å². The summed E-state index contributed by atoms with van der Waals surface area (Å²) in [6.45, 7) is 4.00. The molecule has 80 valence electrons. The minimum absolute atomic E-state index is 0.652. The van der Waals surface area contributed by atoms with Crippen molar-refractivity contribution in [1.29, 1.82) is 5.26 Å². The zero-order valence-corrected chi connectivity index (χ0v) is 9.41. The molecule has 1 aromatic carbocycles. The van der Waals surface area contributed by atoms with E-state index in [9.17, 15) is 0 Å². The lowest BCUT2D eigenvalue weighted by Crippen LogP contribution is -1.88. The molecule has 3 heteroatoms. The average molecular weight is 211 g/mol. The summed E-state index contributed by atoms with van der Waals surface area (Å²) in [5.41, 5.74) is 3.57. The molecule has 0 aliphatic rings. The van der Waals surface area contributed by atoms with Gasteiger partial charge >= 0.3 is 0 Å². The Morgan fingerprint density at radius 1 is 1.44 bits per heavy atom. The quantitative estimate of drug-likeness (QED) is 0.775. The standard InChI is InChI=1S/C13H13N3/c1-3-9(2)10(8-14)13-15-11-6-4-5-7-12(11)16-13/h4-7H,3H2,1-2H3,(H,15,16)/b10-9-. The van der Waals surface area contributed by atoms with E-state index in [1.165, 1.54) is 0 Å². The fourth-order valence-corrected chi connectivity index (χ4v) is 1.60. The highest BCUT2D eigenvalue weighted by atomic mass is 14.9. The van der Waals surface area contributed by atoms with E-state index in [2.05, 4.69) is 16.0 Å². The van der Waals surface area contributed by atoms with Crippen LogP contribution in [0.2, 0.25) is 0 Å². The first kappa shape index (κ1) is 10.4. The molecular weight excluding hydrogens is 198 g/mol. The molecule has 0 radical (unpaired) electrons. The van der Waals surface area contributed by atoms with Gasteiger partial charge in [0.05, 0.1) is 16.6 Å². The third kappa shape index (κ3) is 1.70. The van der Waals surface area contributed by atoms with Gasteiger partial charge < -0.3 is 4.98 Å². The number of benzene rings is 1. The number of rotatable bonds is 2. The van der Waals surface area contributed by atoms with E-state index in [0.717, 1.165) is 23.0 Å². The first-order chi connectivity index (χ1) is 7.76. The Morgan fingerprint density at radius 3 is 2.81 bits per heavy atom. The van der Waals surface area contributed by atoms with Crippen molar-refractivity contribution < 1.29 is 0 Å². The molecule has 0 bridgehead atoms. The molecule has 0 aliphatic carbocycles. The number of para-hydroxylation sites is 2. The van der Waals surface area contributed by atoms with E-state index in [0.29, 0.717) is 11.4 Å². The number of nitrogens with one attached hydrogen (secondary N) is 1. The molecule has 2 rings (SSSR count). The summed E-state index contributed by atoms with van der Waals surface area (Å²) in [5, 5.41) is 9.14. The third-order valence-corrected chi connectivity index (χ3v) is 2.70.